The van der Waals surface area contributed by atoms with Crippen LogP contribution in [-0.4, -0.2) is 12.7 Å². The Morgan fingerprint density at radius 3 is 2.76 bits per heavy atom. The van der Waals surface area contributed by atoms with Gasteiger partial charge in [0, 0.05) is 17.0 Å². The lowest BCUT2D eigenvalue weighted by atomic mass is 9.80. The molecule has 3 nitrogen and oxygen atoms in total. The number of nitrogens with one attached hydrogen (secondary N) is 1. The molecule has 1 aromatic carbocycles. The van der Waals surface area contributed by atoms with Gasteiger partial charge in [-0.3, -0.25) is 0 Å². The maximum absolute atomic E-state index is 13.7. The minimum absolute atomic E-state index is 0.195. The Hall–Kier alpha value is -1.65. The number of halogens is 2. The third-order valence-electron chi connectivity index (χ3n) is 2.89. The highest BCUT2D eigenvalue weighted by atomic mass is 19.1. The summed E-state index contributed by atoms with van der Waals surface area (Å²) < 4.78 is 31.4. The molecule has 1 aromatic rings. The molecule has 92 valence electrons. The zero-order valence-corrected chi connectivity index (χ0v) is 9.59. The normalized spacial score (nSPS) is 22.8. The average Bonchev–Trinajstić information content (AvgIpc) is 2.23. The molecule has 1 fully saturated rings. The van der Waals surface area contributed by atoms with E-state index in [1.165, 1.54) is 12.1 Å². The van der Waals surface area contributed by atoms with Crippen molar-refractivity contribution in [2.24, 2.45) is 5.41 Å². The smallest absolute Gasteiger partial charge is 0.407 e. The molecule has 1 aliphatic heterocycles. The molecule has 5 heteroatoms. The van der Waals surface area contributed by atoms with Crippen LogP contribution in [0.5, 0.6) is 0 Å². The van der Waals surface area contributed by atoms with Crippen molar-refractivity contribution < 1.29 is 18.3 Å². The maximum atomic E-state index is 13.7. The number of ether oxygens (including phenoxy) is 1. The first-order valence-corrected chi connectivity index (χ1v) is 5.28. The molecule has 17 heavy (non-hydrogen) atoms. The number of carbonyl (C=O) groups excluding carboxylic acids is 1. The zero-order chi connectivity index (χ0) is 12.6. The first-order chi connectivity index (χ1) is 7.90. The number of carbonyl (C=O) groups is 1. The number of rotatable bonds is 1. The van der Waals surface area contributed by atoms with Gasteiger partial charge in [0.2, 0.25) is 0 Å². The number of benzene rings is 1. The van der Waals surface area contributed by atoms with Crippen LogP contribution in [-0.2, 0) is 4.74 Å². The van der Waals surface area contributed by atoms with Gasteiger partial charge in [-0.25, -0.2) is 13.6 Å². The first-order valence-electron chi connectivity index (χ1n) is 5.28. The lowest BCUT2D eigenvalue weighted by Crippen LogP contribution is -2.47. The molecule has 0 bridgehead atoms. The molecular formula is C12H13F2NO2. The third kappa shape index (κ3) is 2.23. The lowest BCUT2D eigenvalue weighted by molar-refractivity contribution is 0.0377. The standard InChI is InChI=1S/C12H13F2NO2/c1-12(2)6-17-11(16)15-10(12)8-4-3-7(13)5-9(8)14/h3-5,10H,6H2,1-2H3,(H,15,16)/t10-/m0/s1. The predicted molar refractivity (Wildman–Crippen MR) is 57.4 cm³/mol. The average molecular weight is 241 g/mol. The van der Waals surface area contributed by atoms with Crippen LogP contribution in [0, 0.1) is 17.0 Å². The predicted octanol–water partition coefficient (Wildman–Crippen LogP) is 2.77. The minimum atomic E-state index is -0.662. The van der Waals surface area contributed by atoms with Crippen LogP contribution < -0.4 is 5.32 Å². The van der Waals surface area contributed by atoms with E-state index in [1.54, 1.807) is 0 Å². The highest BCUT2D eigenvalue weighted by molar-refractivity contribution is 5.69. The highest BCUT2D eigenvalue weighted by Gasteiger charge is 2.39. The van der Waals surface area contributed by atoms with Gasteiger partial charge in [0.25, 0.3) is 0 Å². The molecule has 0 radical (unpaired) electrons. The van der Waals surface area contributed by atoms with Crippen LogP contribution in [0.4, 0.5) is 13.6 Å². The van der Waals surface area contributed by atoms with Crippen LogP contribution in [0.3, 0.4) is 0 Å². The fraction of sp³-hybridized carbons (Fsp3) is 0.417. The zero-order valence-electron chi connectivity index (χ0n) is 9.59. The van der Waals surface area contributed by atoms with Gasteiger partial charge >= 0.3 is 6.09 Å². The summed E-state index contributed by atoms with van der Waals surface area (Å²) in [6.45, 7) is 3.89. The van der Waals surface area contributed by atoms with Gasteiger partial charge in [-0.15, -0.1) is 0 Å². The summed E-state index contributed by atoms with van der Waals surface area (Å²) in [7, 11) is 0. The van der Waals surface area contributed by atoms with Gasteiger partial charge in [-0.1, -0.05) is 19.9 Å². The van der Waals surface area contributed by atoms with Crippen molar-refractivity contribution in [1.29, 1.82) is 0 Å². The first kappa shape index (κ1) is 11.8. The van der Waals surface area contributed by atoms with Gasteiger partial charge < -0.3 is 10.1 Å². The molecule has 0 spiro atoms. The fourth-order valence-corrected chi connectivity index (χ4v) is 1.92. The molecular weight excluding hydrogens is 228 g/mol. The van der Waals surface area contributed by atoms with E-state index in [-0.39, 0.29) is 12.2 Å². The summed E-state index contributed by atoms with van der Waals surface area (Å²) in [6.07, 6.45) is -0.585. The van der Waals surface area contributed by atoms with Crippen molar-refractivity contribution in [1.82, 2.24) is 5.32 Å². The van der Waals surface area contributed by atoms with Crippen LogP contribution in [0.1, 0.15) is 25.5 Å². The third-order valence-corrected chi connectivity index (χ3v) is 2.89. The summed E-state index contributed by atoms with van der Waals surface area (Å²) in [5.41, 5.74) is -0.180. The summed E-state index contributed by atoms with van der Waals surface area (Å²) in [5.74, 6) is -1.30. The van der Waals surface area contributed by atoms with E-state index >= 15 is 0 Å². The number of hydrogen-bond donors (Lipinski definition) is 1. The van der Waals surface area contributed by atoms with E-state index in [0.29, 0.717) is 0 Å². The second-order valence-electron chi connectivity index (χ2n) is 4.81. The minimum Gasteiger partial charge on any atom is -0.449 e. The van der Waals surface area contributed by atoms with Crippen molar-refractivity contribution in [3.05, 3.63) is 35.4 Å². The van der Waals surface area contributed by atoms with Gasteiger partial charge in [-0.05, 0) is 6.07 Å². The van der Waals surface area contributed by atoms with E-state index in [9.17, 15) is 13.6 Å². The summed E-state index contributed by atoms with van der Waals surface area (Å²) in [5, 5.41) is 2.56. The topological polar surface area (TPSA) is 38.3 Å². The Morgan fingerprint density at radius 1 is 1.41 bits per heavy atom. The van der Waals surface area contributed by atoms with Gasteiger partial charge in [-0.2, -0.15) is 0 Å². The van der Waals surface area contributed by atoms with Crippen molar-refractivity contribution >= 4 is 6.09 Å². The van der Waals surface area contributed by atoms with E-state index in [2.05, 4.69) is 5.32 Å². The molecule has 1 amide bonds. The number of alkyl carbamates (subject to hydrolysis) is 1. The molecule has 0 saturated carbocycles. The molecule has 0 aliphatic carbocycles. The molecule has 0 unspecified atom stereocenters. The SMILES string of the molecule is CC1(C)COC(=O)N[C@H]1c1ccc(F)cc1F. The Bertz CT molecular complexity index is 460. The van der Waals surface area contributed by atoms with Crippen LogP contribution in [0.2, 0.25) is 0 Å². The van der Waals surface area contributed by atoms with Crippen LogP contribution >= 0.6 is 0 Å². The van der Waals surface area contributed by atoms with Gasteiger partial charge in [0.15, 0.2) is 0 Å². The molecule has 1 saturated heterocycles. The van der Waals surface area contributed by atoms with Crippen molar-refractivity contribution in [3.8, 4) is 0 Å². The lowest BCUT2D eigenvalue weighted by Gasteiger charge is -2.38. The van der Waals surface area contributed by atoms with E-state index in [0.717, 1.165) is 6.07 Å². The van der Waals surface area contributed by atoms with E-state index in [1.807, 2.05) is 13.8 Å². The second-order valence-corrected chi connectivity index (χ2v) is 4.81. The van der Waals surface area contributed by atoms with Crippen LogP contribution in [0.15, 0.2) is 18.2 Å². The molecule has 2 rings (SSSR count). The van der Waals surface area contributed by atoms with Crippen molar-refractivity contribution in [2.45, 2.75) is 19.9 Å². The van der Waals surface area contributed by atoms with E-state index < -0.39 is 29.2 Å². The van der Waals surface area contributed by atoms with Crippen molar-refractivity contribution in [3.63, 3.8) is 0 Å². The molecule has 1 N–H and O–H groups in total. The second kappa shape index (κ2) is 3.98. The van der Waals surface area contributed by atoms with E-state index in [4.69, 9.17) is 4.74 Å². The van der Waals surface area contributed by atoms with Gasteiger partial charge in [0.1, 0.15) is 18.2 Å². The Labute approximate surface area is 97.8 Å². The molecule has 1 aliphatic rings. The Balaban J connectivity index is 2.39. The quantitative estimate of drug-likeness (QED) is 0.821. The summed E-state index contributed by atoms with van der Waals surface area (Å²) in [4.78, 5) is 11.2. The molecule has 1 atom stereocenters. The number of amides is 1. The van der Waals surface area contributed by atoms with Gasteiger partial charge in [0.05, 0.1) is 6.04 Å². The Morgan fingerprint density at radius 2 is 2.12 bits per heavy atom. The molecule has 0 aromatic heterocycles. The number of hydrogen-bond acceptors (Lipinski definition) is 2. The Kier molecular flexibility index (Phi) is 2.77. The monoisotopic (exact) mass is 241 g/mol. The maximum Gasteiger partial charge on any atom is 0.407 e. The number of cyclic esters (lactones) is 1. The fourth-order valence-electron chi connectivity index (χ4n) is 1.92. The highest BCUT2D eigenvalue weighted by Crippen LogP contribution is 2.37. The van der Waals surface area contributed by atoms with Crippen molar-refractivity contribution in [2.75, 3.05) is 6.61 Å². The summed E-state index contributed by atoms with van der Waals surface area (Å²) >= 11 is 0. The largest absolute Gasteiger partial charge is 0.449 e. The summed E-state index contributed by atoms with van der Waals surface area (Å²) in [6, 6.07) is 2.82. The van der Waals surface area contributed by atoms with Crippen LogP contribution in [0.25, 0.3) is 0 Å². The molecule has 1 heterocycles.